The molecule has 4 aromatic carbocycles. The number of aryl methyl sites for hydroxylation is 2. The van der Waals surface area contributed by atoms with Crippen molar-refractivity contribution in [2.75, 3.05) is 6.61 Å². The minimum atomic E-state index is -4.77. The topological polar surface area (TPSA) is 9.23 Å². The molecule has 0 unspecified atom stereocenters. The van der Waals surface area contributed by atoms with E-state index in [4.69, 9.17) is 4.74 Å². The van der Waals surface area contributed by atoms with Crippen molar-refractivity contribution < 1.29 is 31.1 Å². The van der Waals surface area contributed by atoms with Crippen LogP contribution < -0.4 is 4.74 Å². The molecule has 0 saturated heterocycles. The van der Waals surface area contributed by atoms with Crippen LogP contribution in [-0.4, -0.2) is 6.61 Å². The Labute approximate surface area is 218 Å². The fourth-order valence-corrected chi connectivity index (χ4v) is 4.46. The number of hydrogen-bond acceptors (Lipinski definition) is 1. The fourth-order valence-electron chi connectivity index (χ4n) is 4.46. The van der Waals surface area contributed by atoms with Crippen LogP contribution in [-0.2, 0) is 19.0 Å². The van der Waals surface area contributed by atoms with Gasteiger partial charge in [0.2, 0.25) is 0 Å². The maximum absolute atomic E-state index is 15.2. The third kappa shape index (κ3) is 6.50. The summed E-state index contributed by atoms with van der Waals surface area (Å²) in [7, 11) is 0. The molecule has 0 aliphatic heterocycles. The summed E-state index contributed by atoms with van der Waals surface area (Å²) >= 11 is 0. The summed E-state index contributed by atoms with van der Waals surface area (Å²) in [5, 5.41) is 0.928. The van der Waals surface area contributed by atoms with Crippen LogP contribution >= 0.6 is 0 Å². The molecule has 0 saturated carbocycles. The smallest absolute Gasteiger partial charge is 0.419 e. The van der Waals surface area contributed by atoms with E-state index in [1.54, 1.807) is 42.5 Å². The molecule has 0 aliphatic rings. The van der Waals surface area contributed by atoms with Crippen LogP contribution in [0.2, 0.25) is 0 Å². The van der Waals surface area contributed by atoms with E-state index in [9.17, 15) is 22.0 Å². The predicted molar refractivity (Wildman–Crippen MR) is 138 cm³/mol. The van der Waals surface area contributed by atoms with Gasteiger partial charge in [0, 0.05) is 17.0 Å². The van der Waals surface area contributed by atoms with Gasteiger partial charge in [0.1, 0.15) is 23.2 Å². The quantitative estimate of drug-likeness (QED) is 0.147. The zero-order chi connectivity index (χ0) is 27.3. The summed E-state index contributed by atoms with van der Waals surface area (Å²) in [5.74, 6) is -1.78. The van der Waals surface area contributed by atoms with E-state index in [0.717, 1.165) is 31.7 Å². The average molecular weight is 531 g/mol. The maximum Gasteiger partial charge on any atom is 0.419 e. The van der Waals surface area contributed by atoms with Crippen LogP contribution in [0, 0.1) is 17.5 Å². The standard InChI is InChI=1S/C31H28F6O/c1-2-3-4-5-16-38-24-12-14-25(28(32)19-24)22-11-13-26-23(18-22)10-9-21(30(26)34)8-6-20-7-15-27(29(33)17-20)31(35,36)37/h7,9-15,17-19H,2-6,8,16H2,1H3. The molecule has 4 aromatic rings. The Morgan fingerprint density at radius 3 is 2.26 bits per heavy atom. The molecule has 0 fully saturated rings. The molecule has 200 valence electrons. The average Bonchev–Trinajstić information content (AvgIpc) is 2.87. The molecular weight excluding hydrogens is 502 g/mol. The minimum absolute atomic E-state index is 0.174. The van der Waals surface area contributed by atoms with E-state index >= 15 is 4.39 Å². The SMILES string of the molecule is CCCCCCOc1ccc(-c2ccc3c(F)c(CCc4ccc(C(F)(F)F)c(F)c4)ccc3c2)c(F)c1. The summed E-state index contributed by atoms with van der Waals surface area (Å²) in [5.41, 5.74) is 0.345. The molecule has 0 spiro atoms. The zero-order valence-corrected chi connectivity index (χ0v) is 21.0. The highest BCUT2D eigenvalue weighted by atomic mass is 19.4. The second-order valence-corrected chi connectivity index (χ2v) is 9.34. The van der Waals surface area contributed by atoms with Crippen molar-refractivity contribution >= 4 is 10.8 Å². The van der Waals surface area contributed by atoms with Crippen molar-refractivity contribution in [3.8, 4) is 16.9 Å². The van der Waals surface area contributed by atoms with E-state index in [2.05, 4.69) is 6.92 Å². The Hall–Kier alpha value is -3.48. The third-order valence-electron chi connectivity index (χ3n) is 6.57. The lowest BCUT2D eigenvalue weighted by Crippen LogP contribution is -2.08. The molecule has 0 bridgehead atoms. The second kappa shape index (κ2) is 11.9. The molecule has 0 aliphatic carbocycles. The first-order valence-electron chi connectivity index (χ1n) is 12.7. The highest BCUT2D eigenvalue weighted by molar-refractivity contribution is 5.88. The summed E-state index contributed by atoms with van der Waals surface area (Å²) in [6.45, 7) is 2.66. The molecule has 0 atom stereocenters. The van der Waals surface area contributed by atoms with Crippen molar-refractivity contribution in [3.63, 3.8) is 0 Å². The van der Waals surface area contributed by atoms with Crippen molar-refractivity contribution in [1.29, 1.82) is 0 Å². The van der Waals surface area contributed by atoms with Gasteiger partial charge in [-0.1, -0.05) is 56.5 Å². The van der Waals surface area contributed by atoms with Gasteiger partial charge in [0.15, 0.2) is 0 Å². The number of alkyl halides is 3. The molecule has 0 radical (unpaired) electrons. The summed E-state index contributed by atoms with van der Waals surface area (Å²) in [4.78, 5) is 0. The molecule has 1 nitrogen and oxygen atoms in total. The van der Waals surface area contributed by atoms with E-state index in [-0.39, 0.29) is 12.8 Å². The van der Waals surface area contributed by atoms with E-state index < -0.39 is 29.2 Å². The van der Waals surface area contributed by atoms with Gasteiger partial charge in [-0.2, -0.15) is 13.2 Å². The zero-order valence-electron chi connectivity index (χ0n) is 21.0. The molecule has 0 heterocycles. The Balaban J connectivity index is 1.47. The van der Waals surface area contributed by atoms with Crippen LogP contribution in [0.15, 0.2) is 66.7 Å². The highest BCUT2D eigenvalue weighted by Gasteiger charge is 2.33. The molecule has 4 rings (SSSR count). The summed E-state index contributed by atoms with van der Waals surface area (Å²) in [6.07, 6.45) is -0.157. The molecule has 38 heavy (non-hydrogen) atoms. The lowest BCUT2D eigenvalue weighted by molar-refractivity contribution is -0.140. The van der Waals surface area contributed by atoms with Crippen molar-refractivity contribution in [3.05, 3.63) is 101 Å². The first-order valence-corrected chi connectivity index (χ1v) is 12.7. The van der Waals surface area contributed by atoms with Crippen LogP contribution in [0.3, 0.4) is 0 Å². The maximum atomic E-state index is 15.2. The largest absolute Gasteiger partial charge is 0.493 e. The first kappa shape index (κ1) is 27.6. The molecule has 0 amide bonds. The van der Waals surface area contributed by atoms with Gasteiger partial charge < -0.3 is 4.74 Å². The monoisotopic (exact) mass is 530 g/mol. The van der Waals surface area contributed by atoms with Gasteiger partial charge in [0.05, 0.1) is 12.2 Å². The number of unbranched alkanes of at least 4 members (excludes halogenated alkanes) is 3. The molecule has 0 N–H and O–H groups in total. The van der Waals surface area contributed by atoms with Crippen LogP contribution in [0.1, 0.15) is 49.3 Å². The van der Waals surface area contributed by atoms with Gasteiger partial charge >= 0.3 is 6.18 Å². The molecular formula is C31H28F6O. The van der Waals surface area contributed by atoms with Gasteiger partial charge in [-0.05, 0) is 71.7 Å². The van der Waals surface area contributed by atoms with E-state index in [0.29, 0.717) is 51.4 Å². The first-order chi connectivity index (χ1) is 18.2. The lowest BCUT2D eigenvalue weighted by atomic mass is 9.96. The van der Waals surface area contributed by atoms with Crippen LogP contribution in [0.5, 0.6) is 5.75 Å². The fraction of sp³-hybridized carbons (Fsp3) is 0.290. The Kier molecular flexibility index (Phi) is 8.65. The number of fused-ring (bicyclic) bond motifs is 1. The number of halogens is 6. The van der Waals surface area contributed by atoms with Crippen LogP contribution in [0.4, 0.5) is 26.3 Å². The van der Waals surface area contributed by atoms with Crippen molar-refractivity contribution in [2.45, 2.75) is 51.6 Å². The Morgan fingerprint density at radius 1 is 0.737 bits per heavy atom. The van der Waals surface area contributed by atoms with Gasteiger partial charge in [-0.15, -0.1) is 0 Å². The van der Waals surface area contributed by atoms with E-state index in [1.807, 2.05) is 0 Å². The van der Waals surface area contributed by atoms with Gasteiger partial charge in [0.25, 0.3) is 0 Å². The highest BCUT2D eigenvalue weighted by Crippen LogP contribution is 2.33. The minimum Gasteiger partial charge on any atom is -0.493 e. The Bertz CT molecular complexity index is 1410. The second-order valence-electron chi connectivity index (χ2n) is 9.34. The summed E-state index contributed by atoms with van der Waals surface area (Å²) < 4.78 is 87.9. The van der Waals surface area contributed by atoms with Gasteiger partial charge in [-0.25, -0.2) is 13.2 Å². The van der Waals surface area contributed by atoms with Crippen LogP contribution in [0.25, 0.3) is 21.9 Å². The third-order valence-corrected chi connectivity index (χ3v) is 6.57. The predicted octanol–water partition coefficient (Wildman–Crippen LogP) is 9.69. The van der Waals surface area contributed by atoms with E-state index in [1.165, 1.54) is 12.1 Å². The number of hydrogen-bond donors (Lipinski definition) is 0. The summed E-state index contributed by atoms with van der Waals surface area (Å²) in [6, 6.07) is 15.7. The van der Waals surface area contributed by atoms with Crippen molar-refractivity contribution in [2.24, 2.45) is 0 Å². The van der Waals surface area contributed by atoms with Gasteiger partial charge in [-0.3, -0.25) is 0 Å². The number of benzene rings is 4. The van der Waals surface area contributed by atoms with Crippen molar-refractivity contribution in [1.82, 2.24) is 0 Å². The Morgan fingerprint density at radius 2 is 1.55 bits per heavy atom. The number of ether oxygens (including phenoxy) is 1. The molecule has 0 aromatic heterocycles. The number of rotatable bonds is 10. The molecule has 7 heteroatoms. The lowest BCUT2D eigenvalue weighted by Gasteiger charge is -2.12. The normalized spacial score (nSPS) is 11.8.